The molecule has 0 saturated heterocycles. The average Bonchev–Trinajstić information content (AvgIpc) is 2.93. The summed E-state index contributed by atoms with van der Waals surface area (Å²) < 4.78 is 99.1. The van der Waals surface area contributed by atoms with Crippen LogP contribution in [0.5, 0.6) is 0 Å². The Balaban J connectivity index is 0.000000366. The van der Waals surface area contributed by atoms with Crippen molar-refractivity contribution in [2.75, 3.05) is 0 Å². The molecular formula is C14H6F6N2O7SSe. The number of alkyl halides is 6. The second-order valence-electron chi connectivity index (χ2n) is 5.53. The zero-order chi connectivity index (χ0) is 23.9. The molecule has 0 aliphatic carbocycles. The van der Waals surface area contributed by atoms with Crippen LogP contribution in [0.3, 0.4) is 0 Å². The van der Waals surface area contributed by atoms with Crippen LogP contribution in [-0.2, 0) is 15.2 Å². The van der Waals surface area contributed by atoms with Gasteiger partial charge in [0.2, 0.25) is 0 Å². The van der Waals surface area contributed by atoms with Crippen molar-refractivity contribution in [3.63, 3.8) is 0 Å². The van der Waals surface area contributed by atoms with Crippen LogP contribution in [0.1, 0.15) is 0 Å². The van der Waals surface area contributed by atoms with Gasteiger partial charge in [-0.2, -0.15) is 13.2 Å². The zero-order valence-corrected chi connectivity index (χ0v) is 16.8. The monoisotopic (exact) mass is 540 g/mol. The third kappa shape index (κ3) is 5.12. The number of nitro benzene ring substituents is 2. The third-order valence-electron chi connectivity index (χ3n) is 3.60. The van der Waals surface area contributed by atoms with Crippen LogP contribution in [0.4, 0.5) is 37.7 Å². The Morgan fingerprint density at radius 3 is 1.32 bits per heavy atom. The van der Waals surface area contributed by atoms with Crippen LogP contribution in [0.25, 0.3) is 19.3 Å². The molecule has 2 aromatic carbocycles. The Morgan fingerprint density at radius 1 is 0.774 bits per heavy atom. The fourth-order valence-electron chi connectivity index (χ4n) is 2.40. The number of non-ortho nitro benzene ring substituents is 2. The molecule has 0 spiro atoms. The van der Waals surface area contributed by atoms with E-state index in [2.05, 4.69) is 0 Å². The number of nitro groups is 2. The molecule has 168 valence electrons. The molecular weight excluding hydrogens is 533 g/mol. The fourth-order valence-corrected chi connectivity index (χ4v) is 6.61. The van der Waals surface area contributed by atoms with Gasteiger partial charge in [0, 0.05) is 0 Å². The number of nitrogens with zero attached hydrogens (tertiary/aromatic N) is 2. The van der Waals surface area contributed by atoms with Gasteiger partial charge < -0.3 is 4.55 Å². The molecule has 3 aromatic rings. The standard InChI is InChI=1S/C13H6F3N2O4Se.CHF3O3S/c14-13(15,16)23-11-5-7(17(19)20)1-3-9(11)10-4-2-8(18(21)22)6-12(10)23;2-1(3,4)8(5,6)7/h1-6H;(H,5,6,7)/q+1;/p-1. The van der Waals surface area contributed by atoms with E-state index in [0.717, 1.165) is 24.3 Å². The first-order chi connectivity index (χ1) is 13.9. The molecule has 0 saturated carbocycles. The Bertz CT molecular complexity index is 1230. The first kappa shape index (κ1) is 24.5. The maximum absolute atomic E-state index is 13.5. The predicted molar refractivity (Wildman–Crippen MR) is 93.4 cm³/mol. The molecule has 0 N–H and O–H groups in total. The molecule has 17 heteroatoms. The van der Waals surface area contributed by atoms with Crippen LogP contribution in [-0.4, -0.2) is 41.8 Å². The Kier molecular flexibility index (Phi) is 6.38. The van der Waals surface area contributed by atoms with E-state index in [-0.39, 0.29) is 19.3 Å². The van der Waals surface area contributed by atoms with Gasteiger partial charge in [-0.25, -0.2) is 8.42 Å². The summed E-state index contributed by atoms with van der Waals surface area (Å²) in [5, 5.41) is 17.6. The van der Waals surface area contributed by atoms with Crippen LogP contribution in [0, 0.1) is 20.2 Å². The van der Waals surface area contributed by atoms with Gasteiger partial charge in [0.05, 0.1) is 0 Å². The molecule has 0 aliphatic heterocycles. The zero-order valence-electron chi connectivity index (χ0n) is 14.3. The van der Waals surface area contributed by atoms with E-state index in [1.165, 1.54) is 12.1 Å². The van der Waals surface area contributed by atoms with Gasteiger partial charge in [-0.05, 0) is 0 Å². The quantitative estimate of drug-likeness (QED) is 0.119. The molecule has 3 rings (SSSR count). The van der Waals surface area contributed by atoms with Crippen molar-refractivity contribution in [3.05, 3.63) is 56.6 Å². The van der Waals surface area contributed by atoms with Gasteiger partial charge in [0.15, 0.2) is 10.1 Å². The molecule has 1 heterocycles. The molecule has 0 amide bonds. The molecule has 9 nitrogen and oxygen atoms in total. The number of fused-ring (bicyclic) bond motifs is 3. The first-order valence-electron chi connectivity index (χ1n) is 7.35. The molecule has 0 bridgehead atoms. The summed E-state index contributed by atoms with van der Waals surface area (Å²) in [6.45, 7) is 0. The first-order valence-corrected chi connectivity index (χ1v) is 11.3. The third-order valence-corrected chi connectivity index (χ3v) is 8.40. The summed E-state index contributed by atoms with van der Waals surface area (Å²) in [6.07, 6.45) is 0. The van der Waals surface area contributed by atoms with Crippen LogP contribution in [0.2, 0.25) is 0 Å². The van der Waals surface area contributed by atoms with E-state index in [9.17, 15) is 46.6 Å². The second-order valence-corrected chi connectivity index (χ2v) is 11.0. The molecule has 0 atom stereocenters. The van der Waals surface area contributed by atoms with Crippen molar-refractivity contribution in [1.82, 2.24) is 0 Å². The summed E-state index contributed by atoms with van der Waals surface area (Å²) in [5.41, 5.74) is -6.50. The van der Waals surface area contributed by atoms with Crippen molar-refractivity contribution in [2.24, 2.45) is 0 Å². The summed E-state index contributed by atoms with van der Waals surface area (Å²) in [5.74, 6) is 0. The van der Waals surface area contributed by atoms with Gasteiger partial charge in [-0.1, -0.05) is 0 Å². The van der Waals surface area contributed by atoms with E-state index in [4.69, 9.17) is 13.0 Å². The van der Waals surface area contributed by atoms with E-state index in [0.29, 0.717) is 0 Å². The number of halogens is 6. The fraction of sp³-hybridized carbons (Fsp3) is 0.143. The van der Waals surface area contributed by atoms with Crippen molar-refractivity contribution in [1.29, 1.82) is 0 Å². The summed E-state index contributed by atoms with van der Waals surface area (Å²) in [4.78, 5) is 20.1. The number of rotatable bonds is 2. The van der Waals surface area contributed by atoms with E-state index in [1.807, 2.05) is 0 Å². The number of benzene rings is 2. The van der Waals surface area contributed by atoms with Gasteiger partial charge in [-0.3, -0.25) is 0 Å². The second kappa shape index (κ2) is 8.07. The van der Waals surface area contributed by atoms with Gasteiger partial charge in [-0.15, -0.1) is 0 Å². The number of hydrogen-bond donors (Lipinski definition) is 0. The van der Waals surface area contributed by atoms with Crippen molar-refractivity contribution >= 4 is 54.2 Å². The Labute approximate surface area is 171 Å². The summed E-state index contributed by atoms with van der Waals surface area (Å²) in [6, 6.07) is 6.67. The maximum atomic E-state index is 13.5. The number of hydrogen-bond acceptors (Lipinski definition) is 7. The molecule has 1 aromatic heterocycles. The normalized spacial score (nSPS) is 12.5. The van der Waals surface area contributed by atoms with Crippen molar-refractivity contribution in [2.45, 2.75) is 10.6 Å². The van der Waals surface area contributed by atoms with Gasteiger partial charge >= 0.3 is 134 Å². The molecule has 0 unspecified atom stereocenters. The summed E-state index contributed by atoms with van der Waals surface area (Å²) in [7, 11) is -6.09. The minimum atomic E-state index is -6.09. The molecule has 0 aliphatic rings. The summed E-state index contributed by atoms with van der Waals surface area (Å²) >= 11 is -3.64. The average molecular weight is 539 g/mol. The van der Waals surface area contributed by atoms with Crippen molar-refractivity contribution < 1.29 is 49.2 Å². The van der Waals surface area contributed by atoms with E-state index in [1.54, 1.807) is 0 Å². The van der Waals surface area contributed by atoms with Crippen LogP contribution < -0.4 is 0 Å². The molecule has 0 radical (unpaired) electrons. The Morgan fingerprint density at radius 2 is 1.10 bits per heavy atom. The van der Waals surface area contributed by atoms with Crippen LogP contribution in [0.15, 0.2) is 36.4 Å². The van der Waals surface area contributed by atoms with Crippen LogP contribution >= 0.6 is 0 Å². The predicted octanol–water partition coefficient (Wildman–Crippen LogP) is 4.08. The minimum absolute atomic E-state index is 0.137. The van der Waals surface area contributed by atoms with E-state index < -0.39 is 55.4 Å². The molecule has 0 fully saturated rings. The van der Waals surface area contributed by atoms with Gasteiger partial charge in [0.1, 0.15) is 0 Å². The van der Waals surface area contributed by atoms with Gasteiger partial charge in [0.25, 0.3) is 0 Å². The van der Waals surface area contributed by atoms with E-state index >= 15 is 0 Å². The van der Waals surface area contributed by atoms with Crippen molar-refractivity contribution in [3.8, 4) is 0 Å². The Hall–Kier alpha value is -2.75. The molecule has 31 heavy (non-hydrogen) atoms. The topological polar surface area (TPSA) is 143 Å². The SMILES string of the molecule is O=S(=O)([O-])C(F)(F)F.O=[N+]([O-])c1ccc2c3ccc([N+](=O)[O-])cc3[se+](C(F)(F)F)c2c1.